The molecule has 17 heavy (non-hydrogen) atoms. The predicted octanol–water partition coefficient (Wildman–Crippen LogP) is 1.82. The number of hydrogen-bond acceptors (Lipinski definition) is 3. The van der Waals surface area contributed by atoms with Gasteiger partial charge in [-0.3, -0.25) is 4.79 Å². The summed E-state index contributed by atoms with van der Waals surface area (Å²) < 4.78 is 4.90. The first-order valence-electron chi connectivity index (χ1n) is 5.75. The third-order valence-electron chi connectivity index (χ3n) is 3.30. The fourth-order valence-electron chi connectivity index (χ4n) is 2.23. The van der Waals surface area contributed by atoms with Crippen LogP contribution in [0.4, 0.5) is 0 Å². The second-order valence-electron chi connectivity index (χ2n) is 4.52. The molecular weight excluding hydrogens is 240 g/mol. The minimum atomic E-state index is -0.0545. The fourth-order valence-corrected chi connectivity index (χ4v) is 2.23. The number of hydrogen-bond donors (Lipinski definition) is 2. The first kappa shape index (κ1) is 14.1. The quantitative estimate of drug-likeness (QED) is 0.851. The topological polar surface area (TPSA) is 54.3 Å². The number of rotatable bonds is 2. The third kappa shape index (κ3) is 3.23. The van der Waals surface area contributed by atoms with Gasteiger partial charge in [0.2, 0.25) is 0 Å². The Morgan fingerprint density at radius 3 is 2.88 bits per heavy atom. The van der Waals surface area contributed by atoms with Gasteiger partial charge in [0.05, 0.1) is 11.8 Å². The average molecular weight is 259 g/mol. The van der Waals surface area contributed by atoms with Crippen molar-refractivity contribution in [1.29, 1.82) is 0 Å². The Bertz CT molecular complexity index is 343. The van der Waals surface area contributed by atoms with E-state index < -0.39 is 0 Å². The van der Waals surface area contributed by atoms with Crippen LogP contribution in [-0.4, -0.2) is 24.5 Å². The maximum Gasteiger partial charge on any atom is 0.254 e. The molecule has 0 aliphatic carbocycles. The van der Waals surface area contributed by atoms with E-state index in [4.69, 9.17) is 4.42 Å². The summed E-state index contributed by atoms with van der Waals surface area (Å²) in [5.41, 5.74) is 0.588. The zero-order valence-electron chi connectivity index (χ0n) is 10.1. The van der Waals surface area contributed by atoms with Gasteiger partial charge in [0, 0.05) is 12.1 Å². The van der Waals surface area contributed by atoms with E-state index in [1.54, 1.807) is 6.07 Å². The Hall–Kier alpha value is -1.00. The molecular formula is C12H19ClN2O2. The maximum atomic E-state index is 11.9. The lowest BCUT2D eigenvalue weighted by atomic mass is 9.89. The second-order valence-corrected chi connectivity index (χ2v) is 4.52. The number of halogens is 1. The van der Waals surface area contributed by atoms with Crippen LogP contribution in [0.3, 0.4) is 0 Å². The van der Waals surface area contributed by atoms with Crippen molar-refractivity contribution in [1.82, 2.24) is 10.6 Å². The molecule has 0 aromatic carbocycles. The van der Waals surface area contributed by atoms with E-state index in [2.05, 4.69) is 24.5 Å². The van der Waals surface area contributed by atoms with Crippen molar-refractivity contribution in [2.45, 2.75) is 32.4 Å². The Balaban J connectivity index is 0.00000144. The Kier molecular flexibility index (Phi) is 5.02. The van der Waals surface area contributed by atoms with E-state index >= 15 is 0 Å². The molecule has 5 heteroatoms. The zero-order valence-corrected chi connectivity index (χ0v) is 10.9. The number of amides is 1. The van der Waals surface area contributed by atoms with E-state index in [0.29, 0.717) is 17.5 Å². The summed E-state index contributed by atoms with van der Waals surface area (Å²) in [6, 6.07) is 2.19. The minimum absolute atomic E-state index is 0. The van der Waals surface area contributed by atoms with E-state index in [1.165, 1.54) is 12.5 Å². The third-order valence-corrected chi connectivity index (χ3v) is 3.30. The molecule has 4 nitrogen and oxygen atoms in total. The van der Waals surface area contributed by atoms with Gasteiger partial charge in [-0.2, -0.15) is 0 Å². The fraction of sp³-hybridized carbons (Fsp3) is 0.583. The smallest absolute Gasteiger partial charge is 0.254 e. The van der Waals surface area contributed by atoms with Crippen molar-refractivity contribution in [3.8, 4) is 0 Å². The van der Waals surface area contributed by atoms with Crippen molar-refractivity contribution < 1.29 is 9.21 Å². The summed E-state index contributed by atoms with van der Waals surface area (Å²) in [5, 5.41) is 6.43. The van der Waals surface area contributed by atoms with Crippen LogP contribution in [0.5, 0.6) is 0 Å². The van der Waals surface area contributed by atoms with Gasteiger partial charge in [-0.25, -0.2) is 0 Å². The highest BCUT2D eigenvalue weighted by molar-refractivity contribution is 5.94. The maximum absolute atomic E-state index is 11.9. The van der Waals surface area contributed by atoms with Gasteiger partial charge >= 0.3 is 0 Å². The van der Waals surface area contributed by atoms with Crippen LogP contribution in [0.25, 0.3) is 0 Å². The molecule has 2 rings (SSSR count). The van der Waals surface area contributed by atoms with Gasteiger partial charge in [-0.05, 0) is 31.9 Å². The molecule has 2 N–H and O–H groups in total. The van der Waals surface area contributed by atoms with Crippen molar-refractivity contribution in [2.75, 3.05) is 6.54 Å². The summed E-state index contributed by atoms with van der Waals surface area (Å²) in [5.74, 6) is 0.452. The lowest BCUT2D eigenvalue weighted by molar-refractivity contribution is 0.0897. The van der Waals surface area contributed by atoms with Gasteiger partial charge in [0.25, 0.3) is 5.91 Å². The highest BCUT2D eigenvalue weighted by atomic mass is 35.5. The second kappa shape index (κ2) is 6.07. The summed E-state index contributed by atoms with van der Waals surface area (Å²) >= 11 is 0. The van der Waals surface area contributed by atoms with Crippen LogP contribution in [0.15, 0.2) is 23.0 Å². The number of carbonyl (C=O) groups excluding carboxylic acids is 1. The molecule has 3 atom stereocenters. The molecule has 1 amide bonds. The van der Waals surface area contributed by atoms with E-state index in [1.807, 2.05) is 0 Å². The summed E-state index contributed by atoms with van der Waals surface area (Å²) in [6.45, 7) is 5.31. The van der Waals surface area contributed by atoms with Gasteiger partial charge in [0.15, 0.2) is 0 Å². The Morgan fingerprint density at radius 1 is 1.53 bits per heavy atom. The van der Waals surface area contributed by atoms with Gasteiger partial charge in [-0.15, -0.1) is 12.4 Å². The van der Waals surface area contributed by atoms with Crippen molar-refractivity contribution in [3.63, 3.8) is 0 Å². The lowest BCUT2D eigenvalue weighted by Gasteiger charge is -2.35. The molecule has 1 aliphatic rings. The number of carbonyl (C=O) groups is 1. The molecule has 3 unspecified atom stereocenters. The normalized spacial score (nSPS) is 28.2. The summed E-state index contributed by atoms with van der Waals surface area (Å²) in [6.07, 6.45) is 4.09. The molecule has 2 heterocycles. The molecule has 0 saturated carbocycles. The number of piperidine rings is 1. The predicted molar refractivity (Wildman–Crippen MR) is 68.5 cm³/mol. The largest absolute Gasteiger partial charge is 0.472 e. The zero-order chi connectivity index (χ0) is 11.5. The van der Waals surface area contributed by atoms with E-state index in [-0.39, 0.29) is 24.4 Å². The van der Waals surface area contributed by atoms with Crippen LogP contribution in [0.1, 0.15) is 30.6 Å². The first-order chi connectivity index (χ1) is 7.68. The van der Waals surface area contributed by atoms with Crippen LogP contribution >= 0.6 is 12.4 Å². The van der Waals surface area contributed by atoms with Crippen LogP contribution in [-0.2, 0) is 0 Å². The lowest BCUT2D eigenvalue weighted by Crippen LogP contribution is -2.55. The van der Waals surface area contributed by atoms with Crippen molar-refractivity contribution >= 4 is 18.3 Å². The number of furan rings is 1. The Morgan fingerprint density at radius 2 is 2.29 bits per heavy atom. The molecule has 1 aromatic rings. The van der Waals surface area contributed by atoms with E-state index in [0.717, 1.165) is 13.0 Å². The van der Waals surface area contributed by atoms with Crippen LogP contribution in [0.2, 0.25) is 0 Å². The molecule has 1 aromatic heterocycles. The minimum Gasteiger partial charge on any atom is -0.472 e. The first-order valence-corrected chi connectivity index (χ1v) is 5.75. The monoisotopic (exact) mass is 258 g/mol. The highest BCUT2D eigenvalue weighted by Gasteiger charge is 2.28. The molecule has 1 saturated heterocycles. The van der Waals surface area contributed by atoms with Crippen LogP contribution < -0.4 is 10.6 Å². The van der Waals surface area contributed by atoms with Crippen molar-refractivity contribution in [3.05, 3.63) is 24.2 Å². The van der Waals surface area contributed by atoms with Crippen LogP contribution in [0, 0.1) is 5.92 Å². The van der Waals surface area contributed by atoms with Gasteiger partial charge < -0.3 is 15.1 Å². The van der Waals surface area contributed by atoms with Gasteiger partial charge in [-0.1, -0.05) is 6.92 Å². The van der Waals surface area contributed by atoms with Crippen molar-refractivity contribution in [2.24, 2.45) is 5.92 Å². The van der Waals surface area contributed by atoms with E-state index in [9.17, 15) is 4.79 Å². The average Bonchev–Trinajstić information content (AvgIpc) is 2.76. The number of nitrogens with one attached hydrogen (secondary N) is 2. The molecule has 0 spiro atoms. The summed E-state index contributed by atoms with van der Waals surface area (Å²) in [4.78, 5) is 11.9. The molecule has 1 fully saturated rings. The summed E-state index contributed by atoms with van der Waals surface area (Å²) in [7, 11) is 0. The molecule has 0 radical (unpaired) electrons. The SMILES string of the molecule is CC1CCNC(C)C1NC(=O)c1ccoc1.Cl. The van der Waals surface area contributed by atoms with Gasteiger partial charge in [0.1, 0.15) is 6.26 Å². The molecule has 96 valence electrons. The molecule has 0 bridgehead atoms. The highest BCUT2D eigenvalue weighted by Crippen LogP contribution is 2.16. The molecule has 1 aliphatic heterocycles. The Labute approximate surface area is 108 Å². The standard InChI is InChI=1S/C12H18N2O2.ClH/c1-8-3-5-13-9(2)11(8)14-12(15)10-4-6-16-7-10;/h4,6-9,11,13H,3,5H2,1-2H3,(H,14,15);1H.